The monoisotopic (exact) mass is 283 g/mol. The highest BCUT2D eigenvalue weighted by atomic mass is 16.5. The van der Waals surface area contributed by atoms with Crippen molar-refractivity contribution in [1.29, 1.82) is 0 Å². The average molecular weight is 283 g/mol. The number of ether oxygens (including phenoxy) is 1. The number of nitrogens with one attached hydrogen (secondary N) is 2. The van der Waals surface area contributed by atoms with Gasteiger partial charge in [-0.1, -0.05) is 13.8 Å². The Morgan fingerprint density at radius 3 is 2.60 bits per heavy atom. The molecule has 0 radical (unpaired) electrons. The number of nitrogens with zero attached hydrogens (tertiary/aromatic N) is 2. The summed E-state index contributed by atoms with van der Waals surface area (Å²) in [5.74, 6) is 7.57. The molecule has 0 aliphatic rings. The first-order chi connectivity index (χ1) is 9.60. The summed E-state index contributed by atoms with van der Waals surface area (Å²) in [5.41, 5.74) is 2.52. The molecular weight excluding hydrogens is 258 g/mol. The molecule has 1 unspecified atom stereocenters. The van der Waals surface area contributed by atoms with E-state index in [9.17, 15) is 0 Å². The van der Waals surface area contributed by atoms with Gasteiger partial charge in [-0.25, -0.2) is 15.8 Å². The first-order valence-corrected chi connectivity index (χ1v) is 6.90. The zero-order chi connectivity index (χ0) is 15.0. The molecule has 0 aliphatic carbocycles. The fourth-order valence-electron chi connectivity index (χ4n) is 1.80. The van der Waals surface area contributed by atoms with Gasteiger partial charge >= 0.3 is 0 Å². The van der Waals surface area contributed by atoms with E-state index < -0.39 is 0 Å². The zero-order valence-corrected chi connectivity index (χ0v) is 12.4. The van der Waals surface area contributed by atoms with Crippen molar-refractivity contribution >= 4 is 11.6 Å². The number of aliphatic hydroxyl groups is 1. The van der Waals surface area contributed by atoms with Crippen LogP contribution in [0.15, 0.2) is 6.07 Å². The molecule has 0 spiro atoms. The van der Waals surface area contributed by atoms with Crippen LogP contribution in [0.25, 0.3) is 0 Å². The maximum Gasteiger partial charge on any atom is 0.158 e. The molecule has 1 heterocycles. The molecule has 0 amide bonds. The Morgan fingerprint density at radius 1 is 1.35 bits per heavy atom. The molecule has 7 nitrogen and oxygen atoms in total. The number of nitrogens with two attached hydrogens (primary N) is 1. The SMILES string of the molecule is CCOCc1nc(NN)cc(NC(CCO)C(C)C)n1. The third-order valence-electron chi connectivity index (χ3n) is 2.93. The van der Waals surface area contributed by atoms with E-state index in [4.69, 9.17) is 15.7 Å². The Hall–Kier alpha value is -1.44. The van der Waals surface area contributed by atoms with E-state index >= 15 is 0 Å². The number of hydrogen-bond acceptors (Lipinski definition) is 7. The molecule has 0 saturated heterocycles. The van der Waals surface area contributed by atoms with E-state index in [0.717, 1.165) is 0 Å². The van der Waals surface area contributed by atoms with Crippen molar-refractivity contribution in [3.8, 4) is 0 Å². The summed E-state index contributed by atoms with van der Waals surface area (Å²) in [7, 11) is 0. The minimum atomic E-state index is 0.134. The molecule has 114 valence electrons. The maximum absolute atomic E-state index is 9.11. The highest BCUT2D eigenvalue weighted by Crippen LogP contribution is 2.16. The smallest absolute Gasteiger partial charge is 0.158 e. The molecule has 1 atom stereocenters. The first-order valence-electron chi connectivity index (χ1n) is 6.90. The Balaban J connectivity index is 2.86. The molecule has 0 fully saturated rings. The third-order valence-corrected chi connectivity index (χ3v) is 2.93. The van der Waals surface area contributed by atoms with Crippen LogP contribution in [0.4, 0.5) is 11.6 Å². The molecule has 0 bridgehead atoms. The lowest BCUT2D eigenvalue weighted by molar-refractivity contribution is 0.128. The topological polar surface area (TPSA) is 105 Å². The van der Waals surface area contributed by atoms with Crippen molar-refractivity contribution in [2.24, 2.45) is 11.8 Å². The lowest BCUT2D eigenvalue weighted by Gasteiger charge is -2.22. The van der Waals surface area contributed by atoms with E-state index in [-0.39, 0.29) is 12.6 Å². The number of rotatable bonds is 9. The number of aromatic nitrogens is 2. The number of aliphatic hydroxyl groups excluding tert-OH is 1. The van der Waals surface area contributed by atoms with Gasteiger partial charge in [-0.15, -0.1) is 0 Å². The number of nitrogen functional groups attached to an aromatic ring is 1. The maximum atomic E-state index is 9.11. The molecule has 0 saturated carbocycles. The average Bonchev–Trinajstić information content (AvgIpc) is 2.44. The summed E-state index contributed by atoms with van der Waals surface area (Å²) >= 11 is 0. The Morgan fingerprint density at radius 2 is 2.05 bits per heavy atom. The standard InChI is InChI=1S/C13H25N5O2/c1-4-20-8-13-16-11(7-12(17-13)18-14)15-10(5-6-19)9(2)3/h7,9-10,19H,4-6,8,14H2,1-3H3,(H2,15,16,17,18). The van der Waals surface area contributed by atoms with E-state index in [2.05, 4.69) is 34.6 Å². The van der Waals surface area contributed by atoms with E-state index in [1.165, 1.54) is 0 Å². The van der Waals surface area contributed by atoms with Crippen LogP contribution in [-0.2, 0) is 11.3 Å². The van der Waals surface area contributed by atoms with Gasteiger partial charge in [0.1, 0.15) is 18.2 Å². The van der Waals surface area contributed by atoms with Crippen molar-refractivity contribution in [2.75, 3.05) is 24.0 Å². The van der Waals surface area contributed by atoms with Gasteiger partial charge in [0, 0.05) is 25.3 Å². The predicted molar refractivity (Wildman–Crippen MR) is 79.1 cm³/mol. The second-order valence-electron chi connectivity index (χ2n) is 4.84. The second kappa shape index (κ2) is 8.68. The highest BCUT2D eigenvalue weighted by Gasteiger charge is 2.14. The van der Waals surface area contributed by atoms with Crippen LogP contribution in [0, 0.1) is 5.92 Å². The van der Waals surface area contributed by atoms with E-state index in [1.54, 1.807) is 6.07 Å². The van der Waals surface area contributed by atoms with Crippen LogP contribution in [0.5, 0.6) is 0 Å². The molecule has 20 heavy (non-hydrogen) atoms. The fourth-order valence-corrected chi connectivity index (χ4v) is 1.80. The minimum Gasteiger partial charge on any atom is -0.396 e. The summed E-state index contributed by atoms with van der Waals surface area (Å²) in [6.07, 6.45) is 0.661. The van der Waals surface area contributed by atoms with Crippen LogP contribution in [0.2, 0.25) is 0 Å². The van der Waals surface area contributed by atoms with Crippen molar-refractivity contribution in [3.05, 3.63) is 11.9 Å². The van der Waals surface area contributed by atoms with Crippen LogP contribution in [0.1, 0.15) is 33.0 Å². The summed E-state index contributed by atoms with van der Waals surface area (Å²) in [6, 6.07) is 1.88. The molecule has 1 aromatic heterocycles. The van der Waals surface area contributed by atoms with Gasteiger partial charge in [-0.3, -0.25) is 0 Å². The summed E-state index contributed by atoms with van der Waals surface area (Å²) < 4.78 is 5.31. The van der Waals surface area contributed by atoms with Gasteiger partial charge < -0.3 is 20.6 Å². The first kappa shape index (κ1) is 16.6. The minimum absolute atomic E-state index is 0.134. The van der Waals surface area contributed by atoms with Crippen LogP contribution in [-0.4, -0.2) is 34.3 Å². The summed E-state index contributed by atoms with van der Waals surface area (Å²) in [5, 5.41) is 12.4. The van der Waals surface area contributed by atoms with Gasteiger partial charge in [-0.05, 0) is 19.3 Å². The molecule has 7 heteroatoms. The van der Waals surface area contributed by atoms with Crippen LogP contribution < -0.4 is 16.6 Å². The lowest BCUT2D eigenvalue weighted by Crippen LogP contribution is -2.27. The van der Waals surface area contributed by atoms with Gasteiger partial charge in [0.15, 0.2) is 5.82 Å². The third kappa shape index (κ3) is 5.28. The van der Waals surface area contributed by atoms with Crippen LogP contribution in [0.3, 0.4) is 0 Å². The van der Waals surface area contributed by atoms with Crippen molar-refractivity contribution < 1.29 is 9.84 Å². The van der Waals surface area contributed by atoms with Crippen molar-refractivity contribution in [3.63, 3.8) is 0 Å². The van der Waals surface area contributed by atoms with Crippen LogP contribution >= 0.6 is 0 Å². The number of hydrogen-bond donors (Lipinski definition) is 4. The number of anilines is 2. The van der Waals surface area contributed by atoms with Gasteiger partial charge in [0.25, 0.3) is 0 Å². The normalized spacial score (nSPS) is 12.5. The van der Waals surface area contributed by atoms with Gasteiger partial charge in [-0.2, -0.15) is 0 Å². The highest BCUT2D eigenvalue weighted by molar-refractivity contribution is 5.47. The molecule has 1 rings (SSSR count). The predicted octanol–water partition coefficient (Wildman–Crippen LogP) is 1.12. The molecule has 0 aliphatic heterocycles. The number of hydrazine groups is 1. The van der Waals surface area contributed by atoms with Gasteiger partial charge in [0.05, 0.1) is 0 Å². The quantitative estimate of drug-likeness (QED) is 0.397. The summed E-state index contributed by atoms with van der Waals surface area (Å²) in [6.45, 7) is 7.18. The van der Waals surface area contributed by atoms with Gasteiger partial charge in [0.2, 0.25) is 0 Å². The second-order valence-corrected chi connectivity index (χ2v) is 4.84. The summed E-state index contributed by atoms with van der Waals surface area (Å²) in [4.78, 5) is 8.62. The van der Waals surface area contributed by atoms with Crippen molar-refractivity contribution in [2.45, 2.75) is 39.8 Å². The molecular formula is C13H25N5O2. The Labute approximate surface area is 119 Å². The lowest BCUT2D eigenvalue weighted by atomic mass is 10.0. The zero-order valence-electron chi connectivity index (χ0n) is 12.4. The van der Waals surface area contributed by atoms with E-state index in [0.29, 0.717) is 43.0 Å². The Kier molecular flexibility index (Phi) is 7.21. The Bertz CT molecular complexity index is 400. The molecule has 5 N–H and O–H groups in total. The molecule has 0 aromatic carbocycles. The largest absolute Gasteiger partial charge is 0.396 e. The fraction of sp³-hybridized carbons (Fsp3) is 0.692. The van der Waals surface area contributed by atoms with E-state index in [1.807, 2.05) is 6.92 Å². The molecule has 1 aromatic rings. The van der Waals surface area contributed by atoms with Crippen molar-refractivity contribution in [1.82, 2.24) is 9.97 Å².